The van der Waals surface area contributed by atoms with Gasteiger partial charge in [0.2, 0.25) is 5.91 Å². The van der Waals surface area contributed by atoms with Crippen LogP contribution in [0.3, 0.4) is 0 Å². The first-order valence-electron chi connectivity index (χ1n) is 11.4. The first kappa shape index (κ1) is 23.2. The summed E-state index contributed by atoms with van der Waals surface area (Å²) >= 11 is 0. The van der Waals surface area contributed by atoms with Gasteiger partial charge in [0.15, 0.2) is 0 Å². The molecule has 34 heavy (non-hydrogen) atoms. The lowest BCUT2D eigenvalue weighted by Gasteiger charge is -2.21. The molecule has 2 atom stereocenters. The molecule has 7 nitrogen and oxygen atoms in total. The van der Waals surface area contributed by atoms with Crippen molar-refractivity contribution in [3.8, 4) is 0 Å². The van der Waals surface area contributed by atoms with E-state index in [1.807, 2.05) is 79.9 Å². The minimum Gasteiger partial charge on any atom is -0.469 e. The van der Waals surface area contributed by atoms with Gasteiger partial charge in [0.25, 0.3) is 0 Å². The maximum Gasteiger partial charge on any atom is 0.408 e. The fourth-order valence-corrected chi connectivity index (χ4v) is 3.87. The van der Waals surface area contributed by atoms with Crippen LogP contribution in [0.15, 0.2) is 83.6 Å². The maximum atomic E-state index is 13.2. The minimum absolute atomic E-state index is 0.0924. The van der Waals surface area contributed by atoms with Gasteiger partial charge in [0, 0.05) is 36.0 Å². The summed E-state index contributed by atoms with van der Waals surface area (Å²) in [6.45, 7) is 2.07. The largest absolute Gasteiger partial charge is 0.469 e. The fourth-order valence-electron chi connectivity index (χ4n) is 3.87. The Morgan fingerprint density at radius 2 is 1.79 bits per heavy atom. The zero-order valence-electron chi connectivity index (χ0n) is 19.1. The predicted octanol–water partition coefficient (Wildman–Crippen LogP) is 4.74. The SMILES string of the molecule is CC(CCc1ccco1)NC(=O)[C@H](Cc1c[nH]c2ccccc12)NC(=O)OCc1ccccc1. The first-order valence-corrected chi connectivity index (χ1v) is 11.4. The lowest BCUT2D eigenvalue weighted by Crippen LogP contribution is -2.50. The van der Waals surface area contributed by atoms with Crippen molar-refractivity contribution in [3.05, 3.63) is 96.1 Å². The number of furan rings is 1. The molecule has 1 unspecified atom stereocenters. The molecule has 7 heteroatoms. The molecular formula is C27H29N3O4. The third-order valence-corrected chi connectivity index (χ3v) is 5.71. The van der Waals surface area contributed by atoms with Crippen molar-refractivity contribution in [1.29, 1.82) is 0 Å². The number of H-pyrrole nitrogens is 1. The minimum atomic E-state index is -0.784. The summed E-state index contributed by atoms with van der Waals surface area (Å²) in [5.74, 6) is 0.618. The summed E-state index contributed by atoms with van der Waals surface area (Å²) in [7, 11) is 0. The van der Waals surface area contributed by atoms with Crippen LogP contribution in [-0.4, -0.2) is 29.1 Å². The van der Waals surface area contributed by atoms with Gasteiger partial charge < -0.3 is 24.8 Å². The fraction of sp³-hybridized carbons (Fsp3) is 0.259. The molecule has 0 spiro atoms. The quantitative estimate of drug-likeness (QED) is 0.319. The Morgan fingerprint density at radius 3 is 2.59 bits per heavy atom. The molecule has 2 amide bonds. The molecule has 0 fully saturated rings. The number of nitrogens with one attached hydrogen (secondary N) is 3. The molecule has 0 aliphatic heterocycles. The van der Waals surface area contributed by atoms with Crippen LogP contribution in [0.5, 0.6) is 0 Å². The van der Waals surface area contributed by atoms with Crippen LogP contribution in [0.1, 0.15) is 30.2 Å². The van der Waals surface area contributed by atoms with E-state index in [0.717, 1.165) is 34.2 Å². The van der Waals surface area contributed by atoms with Gasteiger partial charge in [-0.05, 0) is 42.7 Å². The van der Waals surface area contributed by atoms with Crippen LogP contribution in [0.2, 0.25) is 0 Å². The number of alkyl carbamates (subject to hydrolysis) is 1. The van der Waals surface area contributed by atoms with E-state index in [2.05, 4.69) is 15.6 Å². The van der Waals surface area contributed by atoms with Crippen molar-refractivity contribution >= 4 is 22.9 Å². The van der Waals surface area contributed by atoms with Gasteiger partial charge in [0.05, 0.1) is 6.26 Å². The maximum absolute atomic E-state index is 13.2. The molecule has 2 heterocycles. The summed E-state index contributed by atoms with van der Waals surface area (Å²) in [6.07, 6.45) is 4.66. The number of amides is 2. The summed E-state index contributed by atoms with van der Waals surface area (Å²) < 4.78 is 10.7. The van der Waals surface area contributed by atoms with E-state index in [1.165, 1.54) is 0 Å². The number of aromatic amines is 1. The zero-order valence-corrected chi connectivity index (χ0v) is 19.1. The Balaban J connectivity index is 1.41. The molecule has 176 valence electrons. The van der Waals surface area contributed by atoms with Gasteiger partial charge in [-0.2, -0.15) is 0 Å². The number of hydrogen-bond acceptors (Lipinski definition) is 4. The van der Waals surface area contributed by atoms with Crippen LogP contribution in [0.25, 0.3) is 10.9 Å². The summed E-state index contributed by atoms with van der Waals surface area (Å²) in [5.41, 5.74) is 2.80. The van der Waals surface area contributed by atoms with Crippen molar-refractivity contribution in [3.63, 3.8) is 0 Å². The van der Waals surface area contributed by atoms with Gasteiger partial charge in [-0.3, -0.25) is 4.79 Å². The molecule has 3 N–H and O–H groups in total. The third-order valence-electron chi connectivity index (χ3n) is 5.71. The van der Waals surface area contributed by atoms with Gasteiger partial charge in [-0.25, -0.2) is 4.79 Å². The lowest BCUT2D eigenvalue weighted by atomic mass is 10.0. The van der Waals surface area contributed by atoms with Gasteiger partial charge in [-0.15, -0.1) is 0 Å². The highest BCUT2D eigenvalue weighted by atomic mass is 16.5. The van der Waals surface area contributed by atoms with E-state index in [4.69, 9.17) is 9.15 Å². The Morgan fingerprint density at radius 1 is 1.00 bits per heavy atom. The highest BCUT2D eigenvalue weighted by Crippen LogP contribution is 2.19. The number of aromatic nitrogens is 1. The second-order valence-electron chi connectivity index (χ2n) is 8.35. The second kappa shape index (κ2) is 11.2. The van der Waals surface area contributed by atoms with Crippen molar-refractivity contribution in [2.45, 2.75) is 44.9 Å². The molecule has 0 radical (unpaired) electrons. The molecule has 0 saturated carbocycles. The molecule has 2 aromatic heterocycles. The Labute approximate surface area is 198 Å². The van der Waals surface area contributed by atoms with E-state index in [0.29, 0.717) is 12.8 Å². The number of carbonyl (C=O) groups is 2. The van der Waals surface area contributed by atoms with E-state index in [9.17, 15) is 9.59 Å². The summed E-state index contributed by atoms with van der Waals surface area (Å²) in [4.78, 5) is 29.0. The van der Waals surface area contributed by atoms with Crippen LogP contribution in [0, 0.1) is 0 Å². The van der Waals surface area contributed by atoms with Crippen molar-refractivity contribution in [1.82, 2.24) is 15.6 Å². The number of rotatable bonds is 10. The second-order valence-corrected chi connectivity index (χ2v) is 8.35. The molecule has 0 aliphatic carbocycles. The lowest BCUT2D eigenvalue weighted by molar-refractivity contribution is -0.123. The molecule has 0 aliphatic rings. The van der Waals surface area contributed by atoms with Crippen LogP contribution in [-0.2, 0) is 29.0 Å². The normalized spacial score (nSPS) is 12.7. The molecule has 0 bridgehead atoms. The monoisotopic (exact) mass is 459 g/mol. The number of aryl methyl sites for hydroxylation is 1. The Bertz CT molecular complexity index is 1200. The van der Waals surface area contributed by atoms with E-state index in [-0.39, 0.29) is 18.6 Å². The number of hydrogen-bond donors (Lipinski definition) is 3. The van der Waals surface area contributed by atoms with Crippen molar-refractivity contribution in [2.75, 3.05) is 0 Å². The number of para-hydroxylation sites is 1. The third kappa shape index (κ3) is 6.28. The summed E-state index contributed by atoms with van der Waals surface area (Å²) in [5, 5.41) is 6.80. The summed E-state index contributed by atoms with van der Waals surface area (Å²) in [6, 6.07) is 20.2. The molecule has 2 aromatic carbocycles. The highest BCUT2D eigenvalue weighted by Gasteiger charge is 2.24. The van der Waals surface area contributed by atoms with Gasteiger partial charge in [-0.1, -0.05) is 48.5 Å². The Hall–Kier alpha value is -4.00. The van der Waals surface area contributed by atoms with Crippen LogP contribution < -0.4 is 10.6 Å². The van der Waals surface area contributed by atoms with Gasteiger partial charge >= 0.3 is 6.09 Å². The first-order chi connectivity index (χ1) is 16.6. The van der Waals surface area contributed by atoms with E-state index < -0.39 is 12.1 Å². The molecular weight excluding hydrogens is 430 g/mol. The van der Waals surface area contributed by atoms with Crippen molar-refractivity contribution in [2.24, 2.45) is 0 Å². The van der Waals surface area contributed by atoms with E-state index in [1.54, 1.807) is 6.26 Å². The molecule has 0 saturated heterocycles. The Kier molecular flexibility index (Phi) is 7.65. The average Bonchev–Trinajstić information content (AvgIpc) is 3.52. The highest BCUT2D eigenvalue weighted by molar-refractivity contribution is 5.88. The number of ether oxygens (including phenoxy) is 1. The smallest absolute Gasteiger partial charge is 0.408 e. The van der Waals surface area contributed by atoms with E-state index >= 15 is 0 Å². The van der Waals surface area contributed by atoms with Gasteiger partial charge in [0.1, 0.15) is 18.4 Å². The average molecular weight is 460 g/mol. The van der Waals surface area contributed by atoms with Crippen molar-refractivity contribution < 1.29 is 18.7 Å². The number of carbonyl (C=O) groups excluding carboxylic acids is 2. The molecule has 4 aromatic rings. The number of fused-ring (bicyclic) bond motifs is 1. The zero-order chi connectivity index (χ0) is 23.8. The van der Waals surface area contributed by atoms with Crippen LogP contribution in [0.4, 0.5) is 4.79 Å². The predicted molar refractivity (Wildman–Crippen MR) is 130 cm³/mol. The molecule has 4 rings (SSSR count). The standard InChI is InChI=1S/C27H29N3O4/c1-19(13-14-22-10-7-15-33-22)29-26(31)25(16-21-17-28-24-12-6-5-11-23(21)24)30-27(32)34-18-20-8-3-2-4-9-20/h2-12,15,17,19,25,28H,13-14,16,18H2,1H3,(H,29,31)(H,30,32)/t19?,25-/m0/s1. The number of benzene rings is 2. The van der Waals surface area contributed by atoms with Crippen LogP contribution >= 0.6 is 0 Å². The topological polar surface area (TPSA) is 96.4 Å².